The fraction of sp³-hybridized carbons (Fsp3) is 0.625. The van der Waals surface area contributed by atoms with Crippen molar-refractivity contribution in [2.75, 3.05) is 28.4 Å². The summed E-state index contributed by atoms with van der Waals surface area (Å²) in [6.07, 6.45) is 11.5. The van der Waals surface area contributed by atoms with Gasteiger partial charge in [-0.15, -0.1) is 13.6 Å². The number of allylic oxidation sites excluding steroid dienone is 5. The molecular formula is C24H43NO4. The second kappa shape index (κ2) is 16.5. The van der Waals surface area contributed by atoms with Crippen LogP contribution in [0.1, 0.15) is 46.5 Å². The number of hydrogen-bond donors (Lipinski definition) is 1. The van der Waals surface area contributed by atoms with Gasteiger partial charge in [0.15, 0.2) is 0 Å². The third-order valence-corrected chi connectivity index (χ3v) is 5.14. The third-order valence-electron chi connectivity index (χ3n) is 5.14. The van der Waals surface area contributed by atoms with E-state index in [2.05, 4.69) is 45.7 Å². The van der Waals surface area contributed by atoms with Crippen molar-refractivity contribution < 1.29 is 24.3 Å². The molecule has 0 aromatic heterocycles. The molecule has 2 N–H and O–H groups in total. The number of rotatable bonds is 16. The van der Waals surface area contributed by atoms with E-state index in [0.717, 1.165) is 31.4 Å². The largest absolute Gasteiger partial charge is 0.450 e. The second-order valence-corrected chi connectivity index (χ2v) is 7.44. The van der Waals surface area contributed by atoms with Gasteiger partial charge in [0.1, 0.15) is 0 Å². The van der Waals surface area contributed by atoms with Crippen LogP contribution in [0.15, 0.2) is 47.7 Å². The van der Waals surface area contributed by atoms with E-state index < -0.39 is 0 Å². The van der Waals surface area contributed by atoms with Gasteiger partial charge < -0.3 is 24.3 Å². The summed E-state index contributed by atoms with van der Waals surface area (Å²) in [5.41, 5.74) is 3.47. The first kappa shape index (κ1) is 27.8. The number of quaternary nitrogens is 1. The maximum absolute atomic E-state index is 5.76. The molecule has 29 heavy (non-hydrogen) atoms. The van der Waals surface area contributed by atoms with Gasteiger partial charge in [-0.25, -0.2) is 0 Å². The summed E-state index contributed by atoms with van der Waals surface area (Å²) in [5, 5.41) is 1.84. The van der Waals surface area contributed by atoms with E-state index in [0.29, 0.717) is 0 Å². The van der Waals surface area contributed by atoms with Crippen LogP contribution in [0.25, 0.3) is 0 Å². The average Bonchev–Trinajstić information content (AvgIpc) is 2.73. The van der Waals surface area contributed by atoms with Crippen LogP contribution in [0.5, 0.6) is 0 Å². The topological polar surface area (TPSA) is 53.5 Å². The van der Waals surface area contributed by atoms with Gasteiger partial charge in [-0.1, -0.05) is 23.8 Å². The Hall–Kier alpha value is -1.24. The smallest absolute Gasteiger partial charge is 0.0806 e. The van der Waals surface area contributed by atoms with Crippen molar-refractivity contribution in [2.45, 2.75) is 70.9 Å². The standard InChI is InChI=1S/C24H43NO4/c1-10-11-21(26-6)15-22(27-7)16-23(28-8)17-24(29-9)19(3)14-18(2)12-13-20(4)25-5/h10,12-14,21-24H,1,5,11,15-17,25H2,2-4,6-9H3/b18-12+,19-14+,20-13-/t21-,22-,23-,24-/m0/s1. The van der Waals surface area contributed by atoms with Crippen LogP contribution in [-0.4, -0.2) is 52.9 Å². The Morgan fingerprint density at radius 1 is 0.862 bits per heavy atom. The zero-order chi connectivity index (χ0) is 22.2. The van der Waals surface area contributed by atoms with Crippen LogP contribution in [0.4, 0.5) is 0 Å². The molecule has 0 saturated heterocycles. The molecule has 168 valence electrons. The normalized spacial score (nSPS) is 17.7. The maximum Gasteiger partial charge on any atom is 0.0806 e. The van der Waals surface area contributed by atoms with Crippen molar-refractivity contribution in [3.05, 3.63) is 54.8 Å². The Labute approximate surface area is 178 Å². The minimum Gasteiger partial charge on any atom is -0.450 e. The predicted molar refractivity (Wildman–Crippen MR) is 120 cm³/mol. The van der Waals surface area contributed by atoms with Gasteiger partial charge in [0, 0.05) is 48.2 Å². The van der Waals surface area contributed by atoms with Crippen molar-refractivity contribution in [1.82, 2.24) is 0 Å². The van der Waals surface area contributed by atoms with Gasteiger partial charge in [-0.3, -0.25) is 0 Å². The number of ether oxygens (including phenoxy) is 4. The lowest BCUT2D eigenvalue weighted by atomic mass is 9.96. The molecule has 4 atom stereocenters. The second-order valence-electron chi connectivity index (χ2n) is 7.44. The SMILES string of the molecule is C=CC[C@@H](C[C@@H](C[C@@H](C[C@H](OC)/C(C)=C/C(C)=C/C=C(/C)[NH2+][CH2-])OC)OC)OC. The summed E-state index contributed by atoms with van der Waals surface area (Å²) in [5.74, 6) is 0. The molecule has 0 rings (SSSR count). The van der Waals surface area contributed by atoms with Crippen molar-refractivity contribution in [3.63, 3.8) is 0 Å². The molecule has 0 saturated carbocycles. The molecule has 0 aliphatic rings. The molecule has 0 heterocycles. The highest BCUT2D eigenvalue weighted by molar-refractivity contribution is 5.27. The molecule has 0 unspecified atom stereocenters. The lowest BCUT2D eigenvalue weighted by molar-refractivity contribution is -0.542. The van der Waals surface area contributed by atoms with E-state index >= 15 is 0 Å². The van der Waals surface area contributed by atoms with Gasteiger partial charge in [-0.05, 0) is 38.3 Å². The highest BCUT2D eigenvalue weighted by Gasteiger charge is 2.23. The molecule has 0 fully saturated rings. The fourth-order valence-corrected chi connectivity index (χ4v) is 3.18. The highest BCUT2D eigenvalue weighted by Crippen LogP contribution is 2.21. The van der Waals surface area contributed by atoms with Gasteiger partial charge in [-0.2, -0.15) is 0 Å². The molecule has 0 aromatic rings. The van der Waals surface area contributed by atoms with Crippen molar-refractivity contribution in [3.8, 4) is 0 Å². The predicted octanol–water partition coefficient (Wildman–Crippen LogP) is 3.94. The van der Waals surface area contributed by atoms with Gasteiger partial charge in [0.2, 0.25) is 0 Å². The van der Waals surface area contributed by atoms with E-state index in [-0.39, 0.29) is 24.4 Å². The first-order valence-electron chi connectivity index (χ1n) is 10.2. The van der Waals surface area contributed by atoms with Gasteiger partial charge in [0.25, 0.3) is 0 Å². The first-order chi connectivity index (χ1) is 13.8. The van der Waals surface area contributed by atoms with Gasteiger partial charge in [0.05, 0.1) is 30.1 Å². The Bertz CT molecular complexity index is 539. The molecule has 5 heteroatoms. The summed E-state index contributed by atoms with van der Waals surface area (Å²) < 4.78 is 22.7. The van der Waals surface area contributed by atoms with Crippen LogP contribution in [0.3, 0.4) is 0 Å². The van der Waals surface area contributed by atoms with Crippen LogP contribution in [0, 0.1) is 7.05 Å². The molecule has 0 aliphatic heterocycles. The van der Waals surface area contributed by atoms with Crippen molar-refractivity contribution in [2.24, 2.45) is 0 Å². The molecule has 5 nitrogen and oxygen atoms in total. The van der Waals surface area contributed by atoms with E-state index in [1.54, 1.807) is 28.4 Å². The summed E-state index contributed by atoms with van der Waals surface area (Å²) in [4.78, 5) is 0. The molecule has 0 aromatic carbocycles. The van der Waals surface area contributed by atoms with E-state index in [1.807, 2.05) is 18.3 Å². The van der Waals surface area contributed by atoms with E-state index in [1.165, 1.54) is 11.1 Å². The van der Waals surface area contributed by atoms with E-state index in [4.69, 9.17) is 18.9 Å². The Morgan fingerprint density at radius 2 is 1.41 bits per heavy atom. The van der Waals surface area contributed by atoms with E-state index in [9.17, 15) is 0 Å². The Morgan fingerprint density at radius 3 is 1.90 bits per heavy atom. The summed E-state index contributed by atoms with van der Waals surface area (Å²) in [6.45, 7) is 10.0. The van der Waals surface area contributed by atoms with Crippen molar-refractivity contribution in [1.29, 1.82) is 0 Å². The number of methoxy groups -OCH3 is 4. The Balaban J connectivity index is 5.07. The lowest BCUT2D eigenvalue weighted by Gasteiger charge is -2.27. The van der Waals surface area contributed by atoms with Crippen LogP contribution in [-0.2, 0) is 18.9 Å². The molecule has 0 spiro atoms. The molecule has 0 bridgehead atoms. The highest BCUT2D eigenvalue weighted by atomic mass is 16.5. The quantitative estimate of drug-likeness (QED) is 0.238. The zero-order valence-electron chi connectivity index (χ0n) is 19.6. The molecule has 0 radical (unpaired) electrons. The number of nitrogens with two attached hydrogens (primary N) is 1. The minimum atomic E-state index is -0.0170. The monoisotopic (exact) mass is 409 g/mol. The van der Waals surface area contributed by atoms with Gasteiger partial charge >= 0.3 is 0 Å². The Kier molecular flexibility index (Phi) is 15.8. The number of hydrogen-bond acceptors (Lipinski definition) is 4. The van der Waals surface area contributed by atoms with Crippen LogP contribution < -0.4 is 5.32 Å². The van der Waals surface area contributed by atoms with Crippen LogP contribution >= 0.6 is 0 Å². The molecule has 0 aliphatic carbocycles. The summed E-state index contributed by atoms with van der Waals surface area (Å²) >= 11 is 0. The summed E-state index contributed by atoms with van der Waals surface area (Å²) in [7, 11) is 10.7. The van der Waals surface area contributed by atoms with Crippen molar-refractivity contribution >= 4 is 0 Å². The first-order valence-corrected chi connectivity index (χ1v) is 10.2. The fourth-order valence-electron chi connectivity index (χ4n) is 3.18. The zero-order valence-corrected chi connectivity index (χ0v) is 19.6. The molecular weight excluding hydrogens is 366 g/mol. The van der Waals surface area contributed by atoms with Crippen LogP contribution in [0.2, 0.25) is 0 Å². The third kappa shape index (κ3) is 12.1. The minimum absolute atomic E-state index is 0.0170. The maximum atomic E-state index is 5.76. The average molecular weight is 410 g/mol. The molecule has 0 amide bonds. The summed E-state index contributed by atoms with van der Waals surface area (Å²) in [6, 6.07) is 0. The lowest BCUT2D eigenvalue weighted by Crippen LogP contribution is -2.73.